The SMILES string of the molecule is CCCCCCCCCCC/C=C\C/C=C\CCCCCCCCCCCCCCCCCCC(O)C(=O)NC(COC1OC(CO)C(O)C(O)C1O)C(O)/C=C/CCCCCCCCCCCCCCCC. The highest BCUT2D eigenvalue weighted by atomic mass is 16.7. The molecule has 1 rings (SSSR count). The zero-order valence-electron chi connectivity index (χ0n) is 47.5. The van der Waals surface area contributed by atoms with E-state index < -0.39 is 61.5 Å². The minimum absolute atomic E-state index is 0.303. The highest BCUT2D eigenvalue weighted by Gasteiger charge is 2.44. The van der Waals surface area contributed by atoms with E-state index in [2.05, 4.69) is 43.5 Å². The van der Waals surface area contributed by atoms with Gasteiger partial charge in [-0.3, -0.25) is 4.79 Å². The molecule has 0 radical (unpaired) electrons. The van der Waals surface area contributed by atoms with Crippen LogP contribution in [0.3, 0.4) is 0 Å². The molecule has 1 amide bonds. The lowest BCUT2D eigenvalue weighted by Gasteiger charge is -2.40. The summed E-state index contributed by atoms with van der Waals surface area (Å²) in [6, 6.07) is -0.980. The Labute approximate surface area is 449 Å². The lowest BCUT2D eigenvalue weighted by molar-refractivity contribution is -0.302. The number of amides is 1. The van der Waals surface area contributed by atoms with Gasteiger partial charge in [-0.2, -0.15) is 0 Å². The van der Waals surface area contributed by atoms with Gasteiger partial charge in [-0.05, 0) is 51.4 Å². The average molecular weight is 1030 g/mol. The van der Waals surface area contributed by atoms with Crippen LogP contribution in [0.25, 0.3) is 0 Å². The topological polar surface area (TPSA) is 169 Å². The molecule has 10 heteroatoms. The highest BCUT2D eigenvalue weighted by molar-refractivity contribution is 5.80. The van der Waals surface area contributed by atoms with Crippen molar-refractivity contribution in [2.24, 2.45) is 0 Å². The van der Waals surface area contributed by atoms with Crippen molar-refractivity contribution in [2.75, 3.05) is 13.2 Å². The molecule has 73 heavy (non-hydrogen) atoms. The maximum absolute atomic E-state index is 13.1. The molecule has 7 N–H and O–H groups in total. The van der Waals surface area contributed by atoms with Crippen LogP contribution in [0.2, 0.25) is 0 Å². The summed E-state index contributed by atoms with van der Waals surface area (Å²) in [5.74, 6) is -0.613. The molecule has 1 saturated heterocycles. The van der Waals surface area contributed by atoms with Crippen molar-refractivity contribution in [2.45, 2.75) is 345 Å². The fraction of sp³-hybridized carbons (Fsp3) is 0.889. The van der Waals surface area contributed by atoms with Crippen LogP contribution >= 0.6 is 0 Å². The number of aliphatic hydroxyl groups excluding tert-OH is 6. The number of hydrogen-bond donors (Lipinski definition) is 7. The molecule has 1 aliphatic heterocycles. The van der Waals surface area contributed by atoms with Crippen molar-refractivity contribution in [1.29, 1.82) is 0 Å². The number of hydrogen-bond acceptors (Lipinski definition) is 9. The Kier molecular flexibility index (Phi) is 49.8. The molecule has 1 aliphatic rings. The van der Waals surface area contributed by atoms with Crippen molar-refractivity contribution in [3.8, 4) is 0 Å². The van der Waals surface area contributed by atoms with E-state index in [1.807, 2.05) is 6.08 Å². The Balaban J connectivity index is 2.17. The molecule has 430 valence electrons. The standard InChI is InChI=1S/C63H119NO9/c1-3-5-7-9-11-13-15-17-19-21-22-23-24-25-26-27-28-29-30-31-32-33-34-35-36-38-40-42-44-46-48-50-52-57(67)62(71)64-55(54-72-63-61(70)60(69)59(68)58(53-65)73-63)56(66)51-49-47-45-43-41-39-37-20-18-16-14-12-10-8-6-4-2/h22-23,25-26,49,51,55-61,63,65-70H,3-21,24,27-48,50,52-54H2,1-2H3,(H,64,71)/b23-22-,26-25-,51-49+. The van der Waals surface area contributed by atoms with Crippen LogP contribution < -0.4 is 5.32 Å². The van der Waals surface area contributed by atoms with E-state index in [4.69, 9.17) is 9.47 Å². The van der Waals surface area contributed by atoms with Crippen molar-refractivity contribution in [1.82, 2.24) is 5.32 Å². The third-order valence-electron chi connectivity index (χ3n) is 15.1. The van der Waals surface area contributed by atoms with Crippen LogP contribution in [0.1, 0.15) is 296 Å². The molecular formula is C63H119NO9. The van der Waals surface area contributed by atoms with E-state index >= 15 is 0 Å². The number of nitrogens with one attached hydrogen (secondary N) is 1. The van der Waals surface area contributed by atoms with E-state index in [0.29, 0.717) is 6.42 Å². The number of carbonyl (C=O) groups excluding carboxylic acids is 1. The lowest BCUT2D eigenvalue weighted by Crippen LogP contribution is -2.60. The summed E-state index contributed by atoms with van der Waals surface area (Å²) in [5, 5.41) is 65.1. The van der Waals surface area contributed by atoms with Gasteiger partial charge in [0.1, 0.15) is 30.5 Å². The van der Waals surface area contributed by atoms with Gasteiger partial charge in [0.05, 0.1) is 25.4 Å². The van der Waals surface area contributed by atoms with Crippen LogP contribution in [-0.2, 0) is 14.3 Å². The first-order valence-corrected chi connectivity index (χ1v) is 31.3. The average Bonchev–Trinajstić information content (AvgIpc) is 3.39. The summed E-state index contributed by atoms with van der Waals surface area (Å²) in [6.45, 7) is 3.64. The van der Waals surface area contributed by atoms with Gasteiger partial charge in [-0.1, -0.05) is 281 Å². The smallest absolute Gasteiger partial charge is 0.249 e. The predicted molar refractivity (Wildman–Crippen MR) is 306 cm³/mol. The molecule has 0 bridgehead atoms. The molecule has 8 unspecified atom stereocenters. The Morgan fingerprint density at radius 2 is 0.836 bits per heavy atom. The van der Waals surface area contributed by atoms with Crippen LogP contribution in [0.15, 0.2) is 36.5 Å². The minimum Gasteiger partial charge on any atom is -0.394 e. The molecule has 0 aromatic rings. The van der Waals surface area contributed by atoms with Gasteiger partial charge in [0.25, 0.3) is 0 Å². The molecule has 1 fully saturated rings. The van der Waals surface area contributed by atoms with E-state index in [9.17, 15) is 35.4 Å². The normalized spacial score (nSPS) is 19.7. The van der Waals surface area contributed by atoms with Gasteiger partial charge < -0.3 is 45.4 Å². The van der Waals surface area contributed by atoms with Crippen LogP contribution in [0.4, 0.5) is 0 Å². The van der Waals surface area contributed by atoms with E-state index in [1.165, 1.54) is 225 Å². The van der Waals surface area contributed by atoms with Crippen molar-refractivity contribution < 1.29 is 44.9 Å². The first kappa shape index (κ1) is 69.4. The third-order valence-corrected chi connectivity index (χ3v) is 15.1. The number of unbranched alkanes of at least 4 members (excludes halogenated alkanes) is 39. The zero-order chi connectivity index (χ0) is 53.1. The van der Waals surface area contributed by atoms with Crippen molar-refractivity contribution in [3.63, 3.8) is 0 Å². The quantitative estimate of drug-likeness (QED) is 0.0232. The lowest BCUT2D eigenvalue weighted by atomic mass is 9.99. The second kappa shape index (κ2) is 52.4. The fourth-order valence-corrected chi connectivity index (χ4v) is 10.0. The molecule has 0 saturated carbocycles. The van der Waals surface area contributed by atoms with Gasteiger partial charge in [0.2, 0.25) is 5.91 Å². The summed E-state index contributed by atoms with van der Waals surface area (Å²) in [4.78, 5) is 13.1. The first-order chi connectivity index (χ1) is 35.8. The van der Waals surface area contributed by atoms with Gasteiger partial charge in [0.15, 0.2) is 6.29 Å². The van der Waals surface area contributed by atoms with Crippen LogP contribution in [0, 0.1) is 0 Å². The molecule has 0 aliphatic carbocycles. The molecule has 0 spiro atoms. The largest absolute Gasteiger partial charge is 0.394 e. The summed E-state index contributed by atoms with van der Waals surface area (Å²) >= 11 is 0. The van der Waals surface area contributed by atoms with Crippen molar-refractivity contribution in [3.05, 3.63) is 36.5 Å². The number of ether oxygens (including phenoxy) is 2. The van der Waals surface area contributed by atoms with E-state index in [1.54, 1.807) is 6.08 Å². The van der Waals surface area contributed by atoms with Gasteiger partial charge in [-0.15, -0.1) is 0 Å². The Hall–Kier alpha value is -1.63. The maximum atomic E-state index is 13.1. The number of aliphatic hydroxyl groups is 6. The summed E-state index contributed by atoms with van der Waals surface area (Å²) in [5.41, 5.74) is 0. The van der Waals surface area contributed by atoms with E-state index in [-0.39, 0.29) is 6.61 Å². The summed E-state index contributed by atoms with van der Waals surface area (Å²) in [7, 11) is 0. The zero-order valence-corrected chi connectivity index (χ0v) is 47.5. The highest BCUT2D eigenvalue weighted by Crippen LogP contribution is 2.23. The summed E-state index contributed by atoms with van der Waals surface area (Å²) < 4.78 is 11.2. The molecular weight excluding hydrogens is 915 g/mol. The summed E-state index contributed by atoms with van der Waals surface area (Å²) in [6.07, 6.45) is 58.3. The third kappa shape index (κ3) is 41.2. The van der Waals surface area contributed by atoms with E-state index in [0.717, 1.165) is 51.4 Å². The van der Waals surface area contributed by atoms with Crippen LogP contribution in [-0.4, -0.2) is 98.7 Å². The fourth-order valence-electron chi connectivity index (χ4n) is 10.0. The molecule has 1 heterocycles. The Morgan fingerprint density at radius 3 is 1.22 bits per heavy atom. The molecule has 8 atom stereocenters. The molecule has 0 aromatic carbocycles. The molecule has 10 nitrogen and oxygen atoms in total. The second-order valence-corrected chi connectivity index (χ2v) is 22.0. The maximum Gasteiger partial charge on any atom is 0.249 e. The monoisotopic (exact) mass is 1030 g/mol. The van der Waals surface area contributed by atoms with Gasteiger partial charge >= 0.3 is 0 Å². The Morgan fingerprint density at radius 1 is 0.479 bits per heavy atom. The predicted octanol–water partition coefficient (Wildman–Crippen LogP) is 14.9. The first-order valence-electron chi connectivity index (χ1n) is 31.3. The number of rotatable bonds is 54. The van der Waals surface area contributed by atoms with Gasteiger partial charge in [-0.25, -0.2) is 0 Å². The Bertz CT molecular complexity index is 1260. The number of carbonyl (C=O) groups is 1. The second-order valence-electron chi connectivity index (χ2n) is 22.0. The minimum atomic E-state index is -1.61. The van der Waals surface area contributed by atoms with Crippen LogP contribution in [0.5, 0.6) is 0 Å². The molecule has 0 aromatic heterocycles. The van der Waals surface area contributed by atoms with Gasteiger partial charge in [0, 0.05) is 0 Å². The van der Waals surface area contributed by atoms with Crippen molar-refractivity contribution >= 4 is 5.91 Å². The number of allylic oxidation sites excluding steroid dienone is 5.